The van der Waals surface area contributed by atoms with E-state index in [0.29, 0.717) is 6.04 Å². The summed E-state index contributed by atoms with van der Waals surface area (Å²) in [6, 6.07) is 4.62. The highest BCUT2D eigenvalue weighted by atomic mass is 16.3. The lowest BCUT2D eigenvalue weighted by Crippen LogP contribution is -2.49. The molecule has 0 saturated carbocycles. The number of hydrogen-bond donors (Lipinski definition) is 1. The molecule has 2 aromatic rings. The van der Waals surface area contributed by atoms with Gasteiger partial charge in [-0.3, -0.25) is 4.90 Å². The Morgan fingerprint density at radius 2 is 2.10 bits per heavy atom. The number of nitrogens with zero attached hydrogens (tertiary/aromatic N) is 3. The van der Waals surface area contributed by atoms with Crippen molar-refractivity contribution in [2.24, 2.45) is 0 Å². The lowest BCUT2D eigenvalue weighted by Gasteiger charge is -2.32. The van der Waals surface area contributed by atoms with E-state index >= 15 is 0 Å². The number of pyridine rings is 1. The van der Waals surface area contributed by atoms with Gasteiger partial charge in [-0.2, -0.15) is 0 Å². The van der Waals surface area contributed by atoms with Gasteiger partial charge >= 0.3 is 0 Å². The molecule has 2 saturated heterocycles. The first-order valence-corrected chi connectivity index (χ1v) is 7.44. The number of hydrogen-bond acceptors (Lipinski definition) is 5. The van der Waals surface area contributed by atoms with Crippen molar-refractivity contribution in [2.45, 2.75) is 12.5 Å². The van der Waals surface area contributed by atoms with E-state index in [1.54, 1.807) is 6.26 Å². The van der Waals surface area contributed by atoms with Gasteiger partial charge in [0.05, 0.1) is 11.6 Å². The summed E-state index contributed by atoms with van der Waals surface area (Å²) in [6.07, 6.45) is 4.83. The smallest absolute Gasteiger partial charge is 0.139 e. The van der Waals surface area contributed by atoms with Crippen LogP contribution >= 0.6 is 0 Å². The van der Waals surface area contributed by atoms with Gasteiger partial charge < -0.3 is 14.6 Å². The highest BCUT2D eigenvalue weighted by molar-refractivity contribution is 5.88. The molecule has 1 atom stereocenters. The van der Waals surface area contributed by atoms with Crippen LogP contribution in [0.25, 0.3) is 11.0 Å². The SMILES string of the molecule is c1cc2occc2c(N2CCC(N3CCNCC3)C2)n1. The molecule has 0 spiro atoms. The average molecular weight is 272 g/mol. The summed E-state index contributed by atoms with van der Waals surface area (Å²) in [7, 11) is 0. The maximum absolute atomic E-state index is 5.48. The zero-order valence-electron chi connectivity index (χ0n) is 11.6. The molecule has 106 valence electrons. The topological polar surface area (TPSA) is 44.5 Å². The van der Waals surface area contributed by atoms with Crippen LogP contribution in [0.4, 0.5) is 5.82 Å². The van der Waals surface area contributed by atoms with Crippen molar-refractivity contribution < 1.29 is 4.42 Å². The van der Waals surface area contributed by atoms with E-state index in [9.17, 15) is 0 Å². The molecule has 1 N–H and O–H groups in total. The summed E-state index contributed by atoms with van der Waals surface area (Å²) in [5.41, 5.74) is 0.931. The molecule has 0 aromatic carbocycles. The maximum Gasteiger partial charge on any atom is 0.139 e. The second-order valence-corrected chi connectivity index (χ2v) is 5.64. The summed E-state index contributed by atoms with van der Waals surface area (Å²) < 4.78 is 5.48. The van der Waals surface area contributed by atoms with Gasteiger partial charge in [-0.15, -0.1) is 0 Å². The Balaban J connectivity index is 1.54. The van der Waals surface area contributed by atoms with Gasteiger partial charge in [-0.25, -0.2) is 4.98 Å². The van der Waals surface area contributed by atoms with E-state index in [4.69, 9.17) is 4.42 Å². The first-order valence-electron chi connectivity index (χ1n) is 7.44. The summed E-state index contributed by atoms with van der Waals surface area (Å²) in [5.74, 6) is 1.08. The standard InChI is InChI=1S/C15H20N4O/c1-4-17-15(13-3-10-20-14(1)13)19-7-2-12(11-19)18-8-5-16-6-9-18/h1,3-4,10,12,16H,2,5-9,11H2. The highest BCUT2D eigenvalue weighted by Gasteiger charge is 2.29. The molecule has 2 aliphatic heterocycles. The molecular formula is C15H20N4O. The number of fused-ring (bicyclic) bond motifs is 1. The fraction of sp³-hybridized carbons (Fsp3) is 0.533. The molecule has 20 heavy (non-hydrogen) atoms. The molecule has 2 aliphatic rings. The number of aromatic nitrogens is 1. The van der Waals surface area contributed by atoms with Gasteiger partial charge in [0, 0.05) is 51.5 Å². The fourth-order valence-electron chi connectivity index (χ4n) is 3.41. The van der Waals surface area contributed by atoms with Gasteiger partial charge in [0.2, 0.25) is 0 Å². The van der Waals surface area contributed by atoms with Crippen LogP contribution in [0.1, 0.15) is 6.42 Å². The highest BCUT2D eigenvalue weighted by Crippen LogP contribution is 2.29. The van der Waals surface area contributed by atoms with Crippen molar-refractivity contribution >= 4 is 16.8 Å². The van der Waals surface area contributed by atoms with E-state index in [2.05, 4.69) is 20.1 Å². The van der Waals surface area contributed by atoms with Crippen LogP contribution in [0.15, 0.2) is 29.0 Å². The Morgan fingerprint density at radius 1 is 1.20 bits per heavy atom. The third kappa shape index (κ3) is 2.07. The second kappa shape index (κ2) is 5.07. The molecule has 0 amide bonds. The Hall–Kier alpha value is -1.59. The Bertz CT molecular complexity index is 590. The monoisotopic (exact) mass is 272 g/mol. The average Bonchev–Trinajstić information content (AvgIpc) is 3.17. The third-order valence-electron chi connectivity index (χ3n) is 4.49. The van der Waals surface area contributed by atoms with E-state index in [0.717, 1.165) is 43.0 Å². The minimum Gasteiger partial charge on any atom is -0.464 e. The predicted octanol–water partition coefficient (Wildman–Crippen LogP) is 1.31. The van der Waals surface area contributed by atoms with Crippen molar-refractivity contribution in [1.82, 2.24) is 15.2 Å². The van der Waals surface area contributed by atoms with Crippen molar-refractivity contribution in [3.05, 3.63) is 24.6 Å². The molecule has 4 rings (SSSR count). The number of anilines is 1. The van der Waals surface area contributed by atoms with E-state index in [1.165, 1.54) is 19.5 Å². The molecule has 0 bridgehead atoms. The summed E-state index contributed by atoms with van der Waals surface area (Å²) in [5, 5.41) is 4.55. The Labute approximate surface area is 118 Å². The van der Waals surface area contributed by atoms with Crippen LogP contribution in [0.3, 0.4) is 0 Å². The molecule has 5 heteroatoms. The minimum absolute atomic E-state index is 0.668. The first kappa shape index (κ1) is 12.2. The normalized spacial score (nSPS) is 24.6. The number of nitrogens with one attached hydrogen (secondary N) is 1. The molecule has 0 radical (unpaired) electrons. The van der Waals surface area contributed by atoms with Crippen molar-refractivity contribution in [2.75, 3.05) is 44.2 Å². The van der Waals surface area contributed by atoms with Crippen LogP contribution in [0.2, 0.25) is 0 Å². The van der Waals surface area contributed by atoms with Gasteiger partial charge in [-0.1, -0.05) is 0 Å². The number of rotatable bonds is 2. The third-order valence-corrected chi connectivity index (χ3v) is 4.49. The number of piperazine rings is 1. The Kier molecular flexibility index (Phi) is 3.09. The van der Waals surface area contributed by atoms with Gasteiger partial charge in [0.25, 0.3) is 0 Å². The molecule has 0 aliphatic carbocycles. The molecular weight excluding hydrogens is 252 g/mol. The second-order valence-electron chi connectivity index (χ2n) is 5.64. The van der Waals surface area contributed by atoms with E-state index in [1.807, 2.05) is 18.3 Å². The van der Waals surface area contributed by atoms with Crippen LogP contribution in [-0.4, -0.2) is 55.2 Å². The molecule has 2 aromatic heterocycles. The largest absolute Gasteiger partial charge is 0.464 e. The summed E-state index contributed by atoms with van der Waals surface area (Å²) in [4.78, 5) is 9.60. The van der Waals surface area contributed by atoms with E-state index < -0.39 is 0 Å². The number of furan rings is 1. The Morgan fingerprint density at radius 3 is 3.00 bits per heavy atom. The maximum atomic E-state index is 5.48. The van der Waals surface area contributed by atoms with E-state index in [-0.39, 0.29) is 0 Å². The van der Waals surface area contributed by atoms with Gasteiger partial charge in [0.1, 0.15) is 11.4 Å². The van der Waals surface area contributed by atoms with Crippen LogP contribution in [-0.2, 0) is 0 Å². The zero-order chi connectivity index (χ0) is 13.4. The van der Waals surface area contributed by atoms with Crippen LogP contribution < -0.4 is 10.2 Å². The molecule has 1 unspecified atom stereocenters. The van der Waals surface area contributed by atoms with Crippen LogP contribution in [0.5, 0.6) is 0 Å². The van der Waals surface area contributed by atoms with Gasteiger partial charge in [0.15, 0.2) is 0 Å². The zero-order valence-corrected chi connectivity index (χ0v) is 11.6. The van der Waals surface area contributed by atoms with Crippen molar-refractivity contribution in [3.63, 3.8) is 0 Å². The predicted molar refractivity (Wildman–Crippen MR) is 79.1 cm³/mol. The minimum atomic E-state index is 0.668. The molecule has 5 nitrogen and oxygen atoms in total. The lowest BCUT2D eigenvalue weighted by atomic mass is 10.2. The van der Waals surface area contributed by atoms with Gasteiger partial charge in [-0.05, 0) is 18.6 Å². The first-order chi connectivity index (χ1) is 9.92. The summed E-state index contributed by atoms with van der Waals surface area (Å²) in [6.45, 7) is 6.74. The molecule has 4 heterocycles. The van der Waals surface area contributed by atoms with Crippen LogP contribution in [0, 0.1) is 0 Å². The molecule has 2 fully saturated rings. The fourth-order valence-corrected chi connectivity index (χ4v) is 3.41. The van der Waals surface area contributed by atoms with Crippen molar-refractivity contribution in [1.29, 1.82) is 0 Å². The lowest BCUT2D eigenvalue weighted by molar-refractivity contribution is 0.185. The summed E-state index contributed by atoms with van der Waals surface area (Å²) >= 11 is 0. The quantitative estimate of drug-likeness (QED) is 0.893. The van der Waals surface area contributed by atoms with Crippen molar-refractivity contribution in [3.8, 4) is 0 Å².